The van der Waals surface area contributed by atoms with Crippen LogP contribution in [0.1, 0.15) is 12.6 Å². The lowest BCUT2D eigenvalue weighted by molar-refractivity contribution is 0.0778. The minimum absolute atomic E-state index is 0.00218. The number of aromatic nitrogens is 2. The van der Waals surface area contributed by atoms with Gasteiger partial charge in [-0.2, -0.15) is 0 Å². The number of hydrogen-bond donors (Lipinski definition) is 2. The number of methoxy groups -OCH3 is 1. The Morgan fingerprint density at radius 3 is 2.93 bits per heavy atom. The molecule has 0 aliphatic carbocycles. The maximum absolute atomic E-state index is 5.65. The van der Waals surface area contributed by atoms with Gasteiger partial charge in [0.05, 0.1) is 6.61 Å². The highest BCUT2D eigenvalue weighted by Gasteiger charge is 2.11. The molecular formula is C10H19N3O2. The van der Waals surface area contributed by atoms with Gasteiger partial charge in [-0.05, 0) is 13.5 Å². The summed E-state index contributed by atoms with van der Waals surface area (Å²) in [6.07, 6.45) is -0.00218. The van der Waals surface area contributed by atoms with E-state index < -0.39 is 0 Å². The Morgan fingerprint density at radius 1 is 1.60 bits per heavy atom. The van der Waals surface area contributed by atoms with Crippen LogP contribution in [0, 0.1) is 6.92 Å². The molecule has 0 fully saturated rings. The van der Waals surface area contributed by atoms with Crippen LogP contribution in [-0.2, 0) is 4.74 Å². The first kappa shape index (κ1) is 12.0. The van der Waals surface area contributed by atoms with Gasteiger partial charge in [-0.3, -0.25) is 5.10 Å². The molecular weight excluding hydrogens is 194 g/mol. The number of nitrogens with zero attached hydrogens (tertiary/aromatic N) is 1. The summed E-state index contributed by atoms with van der Waals surface area (Å²) in [6, 6.07) is 1.87. The first-order valence-corrected chi connectivity index (χ1v) is 5.14. The van der Waals surface area contributed by atoms with Crippen molar-refractivity contribution in [3.05, 3.63) is 11.8 Å². The third kappa shape index (κ3) is 4.31. The number of H-pyrrole nitrogens is 1. The quantitative estimate of drug-likeness (QED) is 0.700. The first-order valence-electron chi connectivity index (χ1n) is 5.14. The molecule has 0 saturated heterocycles. The second-order valence-corrected chi connectivity index (χ2v) is 3.39. The molecule has 0 radical (unpaired) electrons. The Kier molecular flexibility index (Phi) is 5.14. The average Bonchev–Trinajstić information content (AvgIpc) is 2.61. The van der Waals surface area contributed by atoms with E-state index in [0.717, 1.165) is 18.8 Å². The molecule has 5 heteroatoms. The van der Waals surface area contributed by atoms with Gasteiger partial charge < -0.3 is 14.8 Å². The number of aryl methyl sites for hydroxylation is 1. The molecule has 0 saturated carbocycles. The summed E-state index contributed by atoms with van der Waals surface area (Å²) in [5.41, 5.74) is 0.990. The van der Waals surface area contributed by atoms with Crippen molar-refractivity contribution in [1.29, 1.82) is 0 Å². The molecule has 1 heterocycles. The van der Waals surface area contributed by atoms with Crippen LogP contribution in [0.3, 0.4) is 0 Å². The van der Waals surface area contributed by atoms with Crippen LogP contribution in [-0.4, -0.2) is 43.1 Å². The standard InChI is InChI=1S/C10H19N3O2/c1-4-11-6-9(7-14-3)15-10-5-8(2)12-13-10/h5,9,11H,4,6-7H2,1-3H3,(H,12,13). The molecule has 1 aromatic heterocycles. The maximum Gasteiger partial charge on any atom is 0.233 e. The number of hydrogen-bond acceptors (Lipinski definition) is 4. The number of aromatic amines is 1. The van der Waals surface area contributed by atoms with Gasteiger partial charge in [-0.25, -0.2) is 0 Å². The van der Waals surface area contributed by atoms with E-state index >= 15 is 0 Å². The SMILES string of the molecule is CCNCC(COC)Oc1cc(C)[nH]n1. The molecule has 0 aliphatic rings. The molecule has 1 atom stereocenters. The van der Waals surface area contributed by atoms with Crippen LogP contribution >= 0.6 is 0 Å². The zero-order valence-corrected chi connectivity index (χ0v) is 9.54. The van der Waals surface area contributed by atoms with E-state index in [0.29, 0.717) is 12.5 Å². The van der Waals surface area contributed by atoms with Crippen molar-refractivity contribution >= 4 is 0 Å². The van der Waals surface area contributed by atoms with E-state index in [9.17, 15) is 0 Å². The van der Waals surface area contributed by atoms with Gasteiger partial charge in [0.2, 0.25) is 5.88 Å². The summed E-state index contributed by atoms with van der Waals surface area (Å²) >= 11 is 0. The molecule has 15 heavy (non-hydrogen) atoms. The average molecular weight is 213 g/mol. The second-order valence-electron chi connectivity index (χ2n) is 3.39. The lowest BCUT2D eigenvalue weighted by Crippen LogP contribution is -2.34. The Hall–Kier alpha value is -1.07. The highest BCUT2D eigenvalue weighted by molar-refractivity contribution is 5.12. The minimum atomic E-state index is -0.00218. The van der Waals surface area contributed by atoms with E-state index in [1.54, 1.807) is 7.11 Å². The largest absolute Gasteiger partial charge is 0.469 e. The molecule has 86 valence electrons. The van der Waals surface area contributed by atoms with E-state index in [4.69, 9.17) is 9.47 Å². The van der Waals surface area contributed by atoms with E-state index in [1.165, 1.54) is 0 Å². The molecule has 1 unspecified atom stereocenters. The van der Waals surface area contributed by atoms with Crippen molar-refractivity contribution in [3.8, 4) is 5.88 Å². The molecule has 0 bridgehead atoms. The minimum Gasteiger partial charge on any atom is -0.469 e. The first-order chi connectivity index (χ1) is 7.26. The van der Waals surface area contributed by atoms with Crippen LogP contribution in [0.25, 0.3) is 0 Å². The normalized spacial score (nSPS) is 12.7. The molecule has 0 spiro atoms. The monoisotopic (exact) mass is 213 g/mol. The fraction of sp³-hybridized carbons (Fsp3) is 0.700. The topological polar surface area (TPSA) is 59.2 Å². The summed E-state index contributed by atoms with van der Waals surface area (Å²) in [4.78, 5) is 0. The lowest BCUT2D eigenvalue weighted by Gasteiger charge is -2.16. The Morgan fingerprint density at radius 2 is 2.40 bits per heavy atom. The molecule has 0 aromatic carbocycles. The zero-order valence-electron chi connectivity index (χ0n) is 9.54. The van der Waals surface area contributed by atoms with Gasteiger partial charge in [0, 0.05) is 25.4 Å². The van der Waals surface area contributed by atoms with Crippen molar-refractivity contribution in [2.75, 3.05) is 26.8 Å². The summed E-state index contributed by atoms with van der Waals surface area (Å²) in [7, 11) is 1.66. The van der Waals surface area contributed by atoms with Crippen LogP contribution in [0.4, 0.5) is 0 Å². The van der Waals surface area contributed by atoms with Gasteiger partial charge in [0.15, 0.2) is 0 Å². The third-order valence-corrected chi connectivity index (χ3v) is 1.94. The van der Waals surface area contributed by atoms with Crippen molar-refractivity contribution < 1.29 is 9.47 Å². The molecule has 0 amide bonds. The smallest absolute Gasteiger partial charge is 0.233 e. The second kappa shape index (κ2) is 6.42. The zero-order chi connectivity index (χ0) is 11.1. The van der Waals surface area contributed by atoms with Gasteiger partial charge in [-0.1, -0.05) is 6.92 Å². The molecule has 1 rings (SSSR count). The van der Waals surface area contributed by atoms with Gasteiger partial charge in [0.25, 0.3) is 0 Å². The Balaban J connectivity index is 2.42. The summed E-state index contributed by atoms with van der Waals surface area (Å²) in [5.74, 6) is 0.618. The van der Waals surface area contributed by atoms with Crippen molar-refractivity contribution in [2.24, 2.45) is 0 Å². The molecule has 5 nitrogen and oxygen atoms in total. The number of nitrogens with one attached hydrogen (secondary N) is 2. The molecule has 1 aromatic rings. The van der Waals surface area contributed by atoms with Crippen molar-refractivity contribution in [1.82, 2.24) is 15.5 Å². The predicted octanol–water partition coefficient (Wildman–Crippen LogP) is 0.721. The number of rotatable bonds is 7. The van der Waals surface area contributed by atoms with Crippen LogP contribution < -0.4 is 10.1 Å². The van der Waals surface area contributed by atoms with Gasteiger partial charge in [-0.15, -0.1) is 5.10 Å². The van der Waals surface area contributed by atoms with Crippen molar-refractivity contribution in [3.63, 3.8) is 0 Å². The maximum atomic E-state index is 5.65. The Labute approximate surface area is 90.2 Å². The number of ether oxygens (including phenoxy) is 2. The number of likely N-dealkylation sites (N-methyl/N-ethyl adjacent to an activating group) is 1. The van der Waals surface area contributed by atoms with Gasteiger partial charge >= 0.3 is 0 Å². The van der Waals surface area contributed by atoms with Gasteiger partial charge in [0.1, 0.15) is 6.10 Å². The highest BCUT2D eigenvalue weighted by Crippen LogP contribution is 2.09. The highest BCUT2D eigenvalue weighted by atomic mass is 16.5. The van der Waals surface area contributed by atoms with Crippen LogP contribution in [0.5, 0.6) is 5.88 Å². The predicted molar refractivity (Wildman–Crippen MR) is 58.2 cm³/mol. The molecule has 2 N–H and O–H groups in total. The third-order valence-electron chi connectivity index (χ3n) is 1.94. The van der Waals surface area contributed by atoms with Crippen molar-refractivity contribution in [2.45, 2.75) is 20.0 Å². The molecule has 0 aliphatic heterocycles. The summed E-state index contributed by atoms with van der Waals surface area (Å²) < 4.78 is 10.7. The fourth-order valence-electron chi connectivity index (χ4n) is 1.25. The van der Waals surface area contributed by atoms with E-state index in [1.807, 2.05) is 13.0 Å². The van der Waals surface area contributed by atoms with Crippen LogP contribution in [0.2, 0.25) is 0 Å². The Bertz CT molecular complexity index is 275. The fourth-order valence-corrected chi connectivity index (χ4v) is 1.25. The van der Waals surface area contributed by atoms with E-state index in [-0.39, 0.29) is 6.10 Å². The summed E-state index contributed by atoms with van der Waals surface area (Å²) in [6.45, 7) is 6.23. The van der Waals surface area contributed by atoms with E-state index in [2.05, 4.69) is 22.4 Å². The lowest BCUT2D eigenvalue weighted by atomic mass is 10.3. The summed E-state index contributed by atoms with van der Waals surface area (Å²) in [5, 5.41) is 10.1. The van der Waals surface area contributed by atoms with Crippen LogP contribution in [0.15, 0.2) is 6.07 Å².